The quantitative estimate of drug-likeness (QED) is 0.485. The van der Waals surface area contributed by atoms with E-state index in [0.717, 1.165) is 6.08 Å². The molecule has 0 aromatic rings. The molecular weight excluding hydrogens is 132 g/mol. The fraction of sp³-hybridized carbons (Fsp3) is 0.333. The molecule has 0 aromatic heterocycles. The van der Waals surface area contributed by atoms with E-state index < -0.39 is 0 Å². The van der Waals surface area contributed by atoms with Gasteiger partial charge in [-0.1, -0.05) is 6.58 Å². The highest BCUT2D eigenvalue weighted by Crippen LogP contribution is 1.69. The molecule has 56 valence electrons. The lowest BCUT2D eigenvalue weighted by atomic mass is 10.4. The molecule has 0 spiro atoms. The van der Waals surface area contributed by atoms with Gasteiger partial charge in [-0.25, -0.2) is 0 Å². The van der Waals surface area contributed by atoms with Crippen molar-refractivity contribution in [3.63, 3.8) is 0 Å². The first-order valence-electron chi connectivity index (χ1n) is 2.82. The van der Waals surface area contributed by atoms with Gasteiger partial charge in [0.25, 0.3) is 0 Å². The Bertz CT molecular complexity index is 154. The molecule has 0 saturated heterocycles. The summed E-state index contributed by atoms with van der Waals surface area (Å²) in [6.07, 6.45) is 1.15. The van der Waals surface area contributed by atoms with Crippen molar-refractivity contribution in [2.24, 2.45) is 5.73 Å². The van der Waals surface area contributed by atoms with Crippen LogP contribution in [0, 0.1) is 0 Å². The van der Waals surface area contributed by atoms with Crippen molar-refractivity contribution >= 4 is 11.7 Å². The van der Waals surface area contributed by atoms with E-state index in [4.69, 9.17) is 5.73 Å². The van der Waals surface area contributed by atoms with Gasteiger partial charge in [0.2, 0.25) is 5.91 Å². The molecule has 10 heavy (non-hydrogen) atoms. The van der Waals surface area contributed by atoms with E-state index >= 15 is 0 Å². The lowest BCUT2D eigenvalue weighted by Gasteiger charge is -1.97. The Morgan fingerprint density at radius 3 is 2.60 bits per heavy atom. The summed E-state index contributed by atoms with van der Waals surface area (Å²) in [6, 6.07) is 0. The number of ketones is 1. The van der Waals surface area contributed by atoms with Gasteiger partial charge in [0, 0.05) is 0 Å². The molecule has 0 radical (unpaired) electrons. The lowest BCUT2D eigenvalue weighted by molar-refractivity contribution is -0.122. The Morgan fingerprint density at radius 1 is 1.60 bits per heavy atom. The van der Waals surface area contributed by atoms with Crippen molar-refractivity contribution in [3.8, 4) is 0 Å². The van der Waals surface area contributed by atoms with E-state index in [1.807, 2.05) is 0 Å². The minimum atomic E-state index is -0.338. The van der Waals surface area contributed by atoms with E-state index in [9.17, 15) is 9.59 Å². The van der Waals surface area contributed by atoms with Gasteiger partial charge in [-0.15, -0.1) is 0 Å². The molecule has 0 aliphatic heterocycles. The zero-order chi connectivity index (χ0) is 7.98. The summed E-state index contributed by atoms with van der Waals surface area (Å²) in [5, 5.41) is 2.30. The summed E-state index contributed by atoms with van der Waals surface area (Å²) >= 11 is 0. The number of nitrogens with two attached hydrogens (primary N) is 1. The van der Waals surface area contributed by atoms with Gasteiger partial charge in [-0.05, 0) is 6.08 Å². The van der Waals surface area contributed by atoms with Gasteiger partial charge in [-0.2, -0.15) is 0 Å². The number of hydrogen-bond donors (Lipinski definition) is 2. The molecule has 3 N–H and O–H groups in total. The normalized spacial score (nSPS) is 8.50. The maximum Gasteiger partial charge on any atom is 0.234 e. The monoisotopic (exact) mass is 142 g/mol. The first kappa shape index (κ1) is 8.84. The largest absolute Gasteiger partial charge is 0.348 e. The standard InChI is InChI=1S/C6H10N2O2/c1-2-5(9)4-8-6(10)3-7/h2H,1,3-4,7H2,(H,8,10). The maximum atomic E-state index is 10.5. The molecular formula is C6H10N2O2. The Balaban J connectivity index is 3.44. The molecule has 0 aliphatic rings. The average molecular weight is 142 g/mol. The van der Waals surface area contributed by atoms with Crippen molar-refractivity contribution in [1.29, 1.82) is 0 Å². The maximum absolute atomic E-state index is 10.5. The van der Waals surface area contributed by atoms with E-state index in [1.165, 1.54) is 0 Å². The van der Waals surface area contributed by atoms with Crippen LogP contribution in [0.5, 0.6) is 0 Å². The summed E-state index contributed by atoms with van der Waals surface area (Å²) in [6.45, 7) is 3.13. The summed E-state index contributed by atoms with van der Waals surface area (Å²) in [4.78, 5) is 20.9. The van der Waals surface area contributed by atoms with Gasteiger partial charge >= 0.3 is 0 Å². The van der Waals surface area contributed by atoms with Crippen LogP contribution in [0.3, 0.4) is 0 Å². The van der Waals surface area contributed by atoms with Gasteiger partial charge < -0.3 is 11.1 Å². The molecule has 0 aromatic carbocycles. The number of carbonyl (C=O) groups excluding carboxylic acids is 2. The summed E-state index contributed by atoms with van der Waals surface area (Å²) in [5.41, 5.74) is 4.95. The van der Waals surface area contributed by atoms with E-state index in [2.05, 4.69) is 11.9 Å². The minimum Gasteiger partial charge on any atom is -0.348 e. The van der Waals surface area contributed by atoms with Crippen LogP contribution in [0.4, 0.5) is 0 Å². The Kier molecular flexibility index (Phi) is 4.15. The van der Waals surface area contributed by atoms with Crippen molar-refractivity contribution in [2.45, 2.75) is 0 Å². The predicted molar refractivity (Wildman–Crippen MR) is 37.3 cm³/mol. The molecule has 0 saturated carbocycles. The highest BCUT2D eigenvalue weighted by molar-refractivity contribution is 5.93. The van der Waals surface area contributed by atoms with Crippen LogP contribution < -0.4 is 11.1 Å². The SMILES string of the molecule is C=CC(=O)CNC(=O)CN. The number of nitrogens with one attached hydrogen (secondary N) is 1. The van der Waals surface area contributed by atoms with Gasteiger partial charge in [0.05, 0.1) is 13.1 Å². The van der Waals surface area contributed by atoms with Gasteiger partial charge in [-0.3, -0.25) is 9.59 Å². The summed E-state index contributed by atoms with van der Waals surface area (Å²) in [7, 11) is 0. The van der Waals surface area contributed by atoms with E-state index in [-0.39, 0.29) is 24.8 Å². The minimum absolute atomic E-state index is 0.0144. The second-order valence-corrected chi connectivity index (χ2v) is 1.65. The van der Waals surface area contributed by atoms with Crippen molar-refractivity contribution < 1.29 is 9.59 Å². The third-order valence-corrected chi connectivity index (χ3v) is 0.873. The summed E-state index contributed by atoms with van der Waals surface area (Å²) < 4.78 is 0. The van der Waals surface area contributed by atoms with Crippen molar-refractivity contribution in [3.05, 3.63) is 12.7 Å². The molecule has 4 nitrogen and oxygen atoms in total. The highest BCUT2D eigenvalue weighted by Gasteiger charge is 1.98. The molecule has 0 aliphatic carbocycles. The number of amides is 1. The average Bonchev–Trinajstić information content (AvgIpc) is 1.99. The number of hydrogen-bond acceptors (Lipinski definition) is 3. The Morgan fingerprint density at radius 2 is 2.20 bits per heavy atom. The summed E-state index contributed by atoms with van der Waals surface area (Å²) in [5.74, 6) is -0.558. The first-order chi connectivity index (χ1) is 4.70. The Hall–Kier alpha value is -1.16. The van der Waals surface area contributed by atoms with E-state index in [0.29, 0.717) is 0 Å². The van der Waals surface area contributed by atoms with Gasteiger partial charge in [0.1, 0.15) is 0 Å². The zero-order valence-electron chi connectivity index (χ0n) is 5.59. The van der Waals surface area contributed by atoms with Crippen LogP contribution in [-0.2, 0) is 9.59 Å². The fourth-order valence-corrected chi connectivity index (χ4v) is 0.330. The molecule has 0 atom stereocenters. The van der Waals surface area contributed by atoms with Gasteiger partial charge in [0.15, 0.2) is 5.78 Å². The van der Waals surface area contributed by atoms with Crippen molar-refractivity contribution in [2.75, 3.05) is 13.1 Å². The third kappa shape index (κ3) is 3.80. The molecule has 0 heterocycles. The highest BCUT2D eigenvalue weighted by atomic mass is 16.2. The van der Waals surface area contributed by atoms with Crippen LogP contribution in [-0.4, -0.2) is 24.8 Å². The first-order valence-corrected chi connectivity index (χ1v) is 2.82. The molecule has 0 rings (SSSR count). The molecule has 4 heteroatoms. The molecule has 1 amide bonds. The van der Waals surface area contributed by atoms with Crippen LogP contribution in [0.2, 0.25) is 0 Å². The number of carbonyl (C=O) groups is 2. The van der Waals surface area contributed by atoms with Crippen LogP contribution in [0.1, 0.15) is 0 Å². The van der Waals surface area contributed by atoms with Crippen molar-refractivity contribution in [1.82, 2.24) is 5.32 Å². The van der Waals surface area contributed by atoms with E-state index in [1.54, 1.807) is 0 Å². The predicted octanol–water partition coefficient (Wildman–Crippen LogP) is -1.18. The third-order valence-electron chi connectivity index (χ3n) is 0.873. The van der Waals surface area contributed by atoms with Crippen LogP contribution in [0.25, 0.3) is 0 Å². The second kappa shape index (κ2) is 4.69. The topological polar surface area (TPSA) is 72.2 Å². The van der Waals surface area contributed by atoms with Crippen LogP contribution >= 0.6 is 0 Å². The Labute approximate surface area is 59.1 Å². The molecule has 0 unspecified atom stereocenters. The molecule has 0 fully saturated rings. The second-order valence-electron chi connectivity index (χ2n) is 1.65. The van der Waals surface area contributed by atoms with Crippen LogP contribution in [0.15, 0.2) is 12.7 Å². The number of rotatable bonds is 4. The zero-order valence-corrected chi connectivity index (χ0v) is 5.59. The lowest BCUT2D eigenvalue weighted by Crippen LogP contribution is -2.33. The molecule has 0 bridgehead atoms. The smallest absolute Gasteiger partial charge is 0.234 e. The fourth-order valence-electron chi connectivity index (χ4n) is 0.330.